The molecular weight excluding hydrogens is 306 g/mol. The van der Waals surface area contributed by atoms with E-state index in [-0.39, 0.29) is 35.9 Å². The van der Waals surface area contributed by atoms with Gasteiger partial charge >= 0.3 is 0 Å². The van der Waals surface area contributed by atoms with Crippen LogP contribution in [0.5, 0.6) is 5.88 Å². The maximum Gasteiger partial charge on any atom is 0.258 e. The lowest BCUT2D eigenvalue weighted by Crippen LogP contribution is -2.38. The fourth-order valence-corrected chi connectivity index (χ4v) is 4.09. The minimum atomic E-state index is -3.01. The predicted molar refractivity (Wildman–Crippen MR) is 80.2 cm³/mol. The first-order valence-corrected chi connectivity index (χ1v) is 8.69. The summed E-state index contributed by atoms with van der Waals surface area (Å²) in [4.78, 5) is 11.8. The molecule has 0 aliphatic carbocycles. The monoisotopic (exact) mass is 321 g/mol. The maximum absolute atomic E-state index is 11.8. The quantitative estimate of drug-likeness (QED) is 0.870. The van der Waals surface area contributed by atoms with Gasteiger partial charge < -0.3 is 10.1 Å². The molecule has 1 aliphatic rings. The van der Waals surface area contributed by atoms with E-state index in [9.17, 15) is 13.2 Å². The van der Waals surface area contributed by atoms with Gasteiger partial charge in [-0.1, -0.05) is 18.2 Å². The molecule has 3 rings (SSSR count). The van der Waals surface area contributed by atoms with Crippen molar-refractivity contribution in [3.05, 3.63) is 30.5 Å². The fraction of sp³-hybridized carbons (Fsp3) is 0.357. The molecule has 0 radical (unpaired) electrons. The lowest BCUT2D eigenvalue weighted by molar-refractivity contribution is -0.123. The Labute approximate surface area is 127 Å². The Kier molecular flexibility index (Phi) is 3.93. The van der Waals surface area contributed by atoms with Crippen molar-refractivity contribution in [2.75, 3.05) is 18.1 Å². The minimum Gasteiger partial charge on any atom is -0.466 e. The van der Waals surface area contributed by atoms with Crippen LogP contribution in [0.2, 0.25) is 0 Å². The lowest BCUT2D eigenvalue weighted by Gasteiger charge is -2.11. The number of rotatable bonds is 4. The third kappa shape index (κ3) is 3.33. The topological polar surface area (TPSA) is 98.2 Å². The molecule has 116 valence electrons. The average molecular weight is 321 g/mol. The number of benzene rings is 1. The summed E-state index contributed by atoms with van der Waals surface area (Å²) in [6.45, 7) is -0.223. The highest BCUT2D eigenvalue weighted by Gasteiger charge is 2.28. The highest BCUT2D eigenvalue weighted by atomic mass is 32.2. The summed E-state index contributed by atoms with van der Waals surface area (Å²) in [5.74, 6) is 0.0320. The molecule has 7 nitrogen and oxygen atoms in total. The van der Waals surface area contributed by atoms with Gasteiger partial charge in [0.1, 0.15) is 0 Å². The van der Waals surface area contributed by atoms with E-state index >= 15 is 0 Å². The molecule has 2 aromatic rings. The van der Waals surface area contributed by atoms with Gasteiger partial charge in [-0.05, 0) is 12.5 Å². The summed E-state index contributed by atoms with van der Waals surface area (Å²) in [6, 6.07) is 7.10. The van der Waals surface area contributed by atoms with Gasteiger partial charge in [-0.15, -0.1) is 5.10 Å². The molecule has 0 saturated carbocycles. The summed E-state index contributed by atoms with van der Waals surface area (Å²) in [6.07, 6.45) is 2.06. The lowest BCUT2D eigenvalue weighted by atomic mass is 10.2. The zero-order valence-corrected chi connectivity index (χ0v) is 12.5. The Hall–Kier alpha value is -2.22. The van der Waals surface area contributed by atoms with Gasteiger partial charge in [0.15, 0.2) is 16.4 Å². The molecule has 1 aromatic heterocycles. The standard InChI is InChI=1S/C14H15N3O4S/c18-13(16-11-5-6-22(19,20)9-11)8-21-14-12-4-2-1-3-10(12)7-15-17-14/h1-4,7,11H,5-6,8-9H2,(H,16,18)/t11-/m1/s1. The van der Waals surface area contributed by atoms with Crippen LogP contribution in [-0.2, 0) is 14.6 Å². The number of hydrogen-bond acceptors (Lipinski definition) is 6. The van der Waals surface area contributed by atoms with E-state index in [0.717, 1.165) is 10.8 Å². The van der Waals surface area contributed by atoms with Crippen LogP contribution < -0.4 is 10.1 Å². The average Bonchev–Trinajstić information content (AvgIpc) is 2.84. The molecule has 1 saturated heterocycles. The Bertz CT molecular complexity index is 801. The molecule has 1 atom stereocenters. The van der Waals surface area contributed by atoms with E-state index in [1.165, 1.54) is 0 Å². The SMILES string of the molecule is O=C(COc1nncc2ccccc12)N[C@@H]1CCS(=O)(=O)C1. The minimum absolute atomic E-state index is 0.00713. The fourth-order valence-electron chi connectivity index (χ4n) is 2.42. The van der Waals surface area contributed by atoms with E-state index < -0.39 is 9.84 Å². The van der Waals surface area contributed by atoms with Crippen LogP contribution in [0.1, 0.15) is 6.42 Å². The van der Waals surface area contributed by atoms with Gasteiger partial charge in [-0.3, -0.25) is 4.79 Å². The number of hydrogen-bond donors (Lipinski definition) is 1. The molecule has 1 fully saturated rings. The number of nitrogens with one attached hydrogen (secondary N) is 1. The number of sulfone groups is 1. The highest BCUT2D eigenvalue weighted by Crippen LogP contribution is 2.21. The van der Waals surface area contributed by atoms with Crippen molar-refractivity contribution in [1.29, 1.82) is 0 Å². The summed E-state index contributed by atoms with van der Waals surface area (Å²) in [5.41, 5.74) is 0. The van der Waals surface area contributed by atoms with Crippen molar-refractivity contribution >= 4 is 26.5 Å². The van der Waals surface area contributed by atoms with Crippen LogP contribution in [0.4, 0.5) is 0 Å². The van der Waals surface area contributed by atoms with E-state index in [4.69, 9.17) is 4.74 Å². The first-order valence-electron chi connectivity index (χ1n) is 6.86. The number of fused-ring (bicyclic) bond motifs is 1. The zero-order valence-electron chi connectivity index (χ0n) is 11.7. The second-order valence-electron chi connectivity index (χ2n) is 5.19. The third-order valence-electron chi connectivity index (χ3n) is 3.47. The van der Waals surface area contributed by atoms with Gasteiger partial charge in [0.2, 0.25) is 5.88 Å². The summed E-state index contributed by atoms with van der Waals surface area (Å²) >= 11 is 0. The maximum atomic E-state index is 11.8. The smallest absolute Gasteiger partial charge is 0.258 e. The second-order valence-corrected chi connectivity index (χ2v) is 7.42. The Balaban J connectivity index is 1.61. The third-order valence-corrected chi connectivity index (χ3v) is 5.24. The zero-order chi connectivity index (χ0) is 15.6. The van der Waals surface area contributed by atoms with Crippen LogP contribution in [0.25, 0.3) is 10.8 Å². The van der Waals surface area contributed by atoms with Crippen molar-refractivity contribution in [3.63, 3.8) is 0 Å². The number of nitrogens with zero attached hydrogens (tertiary/aromatic N) is 2. The van der Waals surface area contributed by atoms with Gasteiger partial charge in [0.25, 0.3) is 5.91 Å². The molecule has 22 heavy (non-hydrogen) atoms. The first-order chi connectivity index (χ1) is 10.5. The molecule has 1 aliphatic heterocycles. The summed E-state index contributed by atoms with van der Waals surface area (Å²) < 4.78 is 28.1. The van der Waals surface area contributed by atoms with Crippen LogP contribution in [0, 0.1) is 0 Å². The summed E-state index contributed by atoms with van der Waals surface area (Å²) in [5, 5.41) is 12.0. The molecule has 0 spiro atoms. The van der Waals surface area contributed by atoms with E-state index in [0.29, 0.717) is 6.42 Å². The van der Waals surface area contributed by atoms with Gasteiger partial charge in [-0.25, -0.2) is 8.42 Å². The van der Waals surface area contributed by atoms with Crippen LogP contribution in [0.3, 0.4) is 0 Å². The second kappa shape index (κ2) is 5.88. The summed E-state index contributed by atoms with van der Waals surface area (Å²) in [7, 11) is -3.01. The van der Waals surface area contributed by atoms with Crippen molar-refractivity contribution in [2.45, 2.75) is 12.5 Å². The molecular formula is C14H15N3O4S. The Morgan fingerprint density at radius 1 is 1.36 bits per heavy atom. The number of carbonyl (C=O) groups excluding carboxylic acids is 1. The molecule has 0 bridgehead atoms. The van der Waals surface area contributed by atoms with E-state index in [1.807, 2.05) is 24.3 Å². The Morgan fingerprint density at radius 2 is 2.18 bits per heavy atom. The van der Waals surface area contributed by atoms with Gasteiger partial charge in [0.05, 0.1) is 17.7 Å². The highest BCUT2D eigenvalue weighted by molar-refractivity contribution is 7.91. The number of carbonyl (C=O) groups is 1. The number of ether oxygens (including phenoxy) is 1. The van der Waals surface area contributed by atoms with Gasteiger partial charge in [-0.2, -0.15) is 5.10 Å². The van der Waals surface area contributed by atoms with Gasteiger partial charge in [0, 0.05) is 16.8 Å². The van der Waals surface area contributed by atoms with Crippen LogP contribution in [-0.4, -0.2) is 48.7 Å². The van der Waals surface area contributed by atoms with Crippen LogP contribution >= 0.6 is 0 Å². The molecule has 1 amide bonds. The Morgan fingerprint density at radius 3 is 2.95 bits per heavy atom. The van der Waals surface area contributed by atoms with Crippen molar-refractivity contribution in [3.8, 4) is 5.88 Å². The van der Waals surface area contributed by atoms with E-state index in [2.05, 4.69) is 15.5 Å². The van der Waals surface area contributed by atoms with Crippen molar-refractivity contribution in [2.24, 2.45) is 0 Å². The number of aromatic nitrogens is 2. The van der Waals surface area contributed by atoms with Crippen LogP contribution in [0.15, 0.2) is 30.5 Å². The van der Waals surface area contributed by atoms with Crippen molar-refractivity contribution < 1.29 is 17.9 Å². The molecule has 0 unspecified atom stereocenters. The molecule has 1 N–H and O–H groups in total. The number of amides is 1. The first kappa shape index (κ1) is 14.7. The molecule has 1 aromatic carbocycles. The van der Waals surface area contributed by atoms with E-state index in [1.54, 1.807) is 6.20 Å². The predicted octanol–water partition coefficient (Wildman–Crippen LogP) is 0.312. The normalized spacial score (nSPS) is 19.9. The molecule has 8 heteroatoms. The molecule has 2 heterocycles. The van der Waals surface area contributed by atoms with Crippen molar-refractivity contribution in [1.82, 2.24) is 15.5 Å². The largest absolute Gasteiger partial charge is 0.466 e.